The molecule has 0 radical (unpaired) electrons. The van der Waals surface area contributed by atoms with Crippen LogP contribution in [0, 0.1) is 5.41 Å². The molecule has 0 aliphatic carbocycles. The van der Waals surface area contributed by atoms with Crippen molar-refractivity contribution in [3.05, 3.63) is 18.3 Å². The van der Waals surface area contributed by atoms with Crippen molar-refractivity contribution in [3.8, 4) is 5.75 Å². The molecule has 5 nitrogen and oxygen atoms in total. The van der Waals surface area contributed by atoms with Crippen LogP contribution in [0.2, 0.25) is 0 Å². The van der Waals surface area contributed by atoms with Gasteiger partial charge in [0.05, 0.1) is 0 Å². The second kappa shape index (κ2) is 6.35. The third kappa shape index (κ3) is 4.71. The van der Waals surface area contributed by atoms with E-state index in [1.807, 2.05) is 0 Å². The van der Waals surface area contributed by atoms with Gasteiger partial charge in [0.15, 0.2) is 11.6 Å². The minimum absolute atomic E-state index is 0.0212. The highest BCUT2D eigenvalue weighted by molar-refractivity contribution is 5.90. The lowest BCUT2D eigenvalue weighted by Crippen LogP contribution is -2.21. The number of aromatic hydroxyl groups is 1. The number of hydrogen-bond acceptors (Lipinski definition) is 4. The van der Waals surface area contributed by atoms with Crippen LogP contribution in [-0.2, 0) is 4.79 Å². The molecule has 1 rings (SSSR count). The van der Waals surface area contributed by atoms with Gasteiger partial charge in [-0.2, -0.15) is 0 Å². The van der Waals surface area contributed by atoms with Crippen LogP contribution in [0.15, 0.2) is 18.3 Å². The highest BCUT2D eigenvalue weighted by atomic mass is 16.3. The van der Waals surface area contributed by atoms with Crippen molar-refractivity contribution >= 4 is 11.7 Å². The van der Waals surface area contributed by atoms with Gasteiger partial charge in [0, 0.05) is 12.6 Å². The maximum absolute atomic E-state index is 11.7. The molecule has 0 aliphatic heterocycles. The number of hydrogen-bond donors (Lipinski definition) is 3. The van der Waals surface area contributed by atoms with E-state index in [2.05, 4.69) is 24.1 Å². The fourth-order valence-electron chi connectivity index (χ4n) is 1.66. The van der Waals surface area contributed by atoms with E-state index in [1.165, 1.54) is 12.3 Å². The van der Waals surface area contributed by atoms with E-state index in [-0.39, 0.29) is 22.9 Å². The zero-order valence-corrected chi connectivity index (χ0v) is 10.9. The molecule has 0 atom stereocenters. The molecule has 0 fully saturated rings. The monoisotopic (exact) mass is 251 g/mol. The molecule has 1 aromatic rings. The topological polar surface area (TPSA) is 88.2 Å². The molecule has 5 heteroatoms. The third-order valence-electron chi connectivity index (χ3n) is 2.89. The minimum Gasteiger partial charge on any atom is -0.504 e. The van der Waals surface area contributed by atoms with Crippen LogP contribution in [0.3, 0.4) is 0 Å². The number of nitrogens with zero attached hydrogens (tertiary/aromatic N) is 1. The number of carbonyl (C=O) groups is 1. The zero-order valence-electron chi connectivity index (χ0n) is 10.9. The van der Waals surface area contributed by atoms with Crippen LogP contribution >= 0.6 is 0 Å². The molecule has 1 aromatic heterocycles. The lowest BCUT2D eigenvalue weighted by Gasteiger charge is -2.23. The van der Waals surface area contributed by atoms with Crippen molar-refractivity contribution in [3.63, 3.8) is 0 Å². The molecule has 0 unspecified atom stereocenters. The molecule has 0 saturated carbocycles. The van der Waals surface area contributed by atoms with Gasteiger partial charge in [0.2, 0.25) is 5.91 Å². The average molecular weight is 251 g/mol. The Hall–Kier alpha value is -1.62. The summed E-state index contributed by atoms with van der Waals surface area (Å²) in [5.41, 5.74) is 5.57. The van der Waals surface area contributed by atoms with Crippen LogP contribution < -0.4 is 11.1 Å². The van der Waals surface area contributed by atoms with Crippen LogP contribution in [0.1, 0.15) is 33.1 Å². The lowest BCUT2D eigenvalue weighted by atomic mass is 9.84. The standard InChI is InChI=1S/C13H21N3O2/c1-13(2,7-8-14)6-5-11(18)16-12-10(17)4-3-9-15-12/h3-4,9,17H,5-8,14H2,1-2H3,(H,15,16,18). The van der Waals surface area contributed by atoms with E-state index in [4.69, 9.17) is 5.73 Å². The molecular weight excluding hydrogens is 230 g/mol. The molecule has 0 bridgehead atoms. The minimum atomic E-state index is -0.144. The molecule has 0 aliphatic rings. The van der Waals surface area contributed by atoms with Gasteiger partial charge in [0.25, 0.3) is 0 Å². The number of nitrogens with one attached hydrogen (secondary N) is 1. The molecule has 18 heavy (non-hydrogen) atoms. The Labute approximate surface area is 107 Å². The highest BCUT2D eigenvalue weighted by Crippen LogP contribution is 2.26. The van der Waals surface area contributed by atoms with E-state index < -0.39 is 0 Å². The Bertz CT molecular complexity index is 405. The van der Waals surface area contributed by atoms with E-state index in [0.717, 1.165) is 12.8 Å². The summed E-state index contributed by atoms with van der Waals surface area (Å²) in [6, 6.07) is 3.09. The zero-order chi connectivity index (χ0) is 13.6. The van der Waals surface area contributed by atoms with Crippen LogP contribution in [0.4, 0.5) is 5.82 Å². The highest BCUT2D eigenvalue weighted by Gasteiger charge is 2.18. The Morgan fingerprint density at radius 1 is 1.50 bits per heavy atom. The van der Waals surface area contributed by atoms with Gasteiger partial charge < -0.3 is 16.2 Å². The molecule has 0 spiro atoms. The number of aromatic nitrogens is 1. The van der Waals surface area contributed by atoms with E-state index in [0.29, 0.717) is 13.0 Å². The number of carbonyl (C=O) groups excluding carboxylic acids is 1. The second-order valence-electron chi connectivity index (χ2n) is 5.12. The third-order valence-corrected chi connectivity index (χ3v) is 2.89. The maximum atomic E-state index is 11.7. The summed E-state index contributed by atoms with van der Waals surface area (Å²) in [6.07, 6.45) is 3.55. The van der Waals surface area contributed by atoms with Gasteiger partial charge in [-0.3, -0.25) is 4.79 Å². The first-order valence-electron chi connectivity index (χ1n) is 6.08. The van der Waals surface area contributed by atoms with Crippen molar-refractivity contribution in [2.24, 2.45) is 11.1 Å². The number of rotatable bonds is 6. The van der Waals surface area contributed by atoms with Gasteiger partial charge in [-0.05, 0) is 36.9 Å². The van der Waals surface area contributed by atoms with Gasteiger partial charge in [-0.15, -0.1) is 0 Å². The van der Waals surface area contributed by atoms with Crippen molar-refractivity contribution < 1.29 is 9.90 Å². The van der Waals surface area contributed by atoms with E-state index >= 15 is 0 Å². The number of amides is 1. The normalized spacial score (nSPS) is 11.3. The van der Waals surface area contributed by atoms with Gasteiger partial charge in [-0.25, -0.2) is 4.98 Å². The van der Waals surface area contributed by atoms with Crippen molar-refractivity contribution in [2.45, 2.75) is 33.1 Å². The van der Waals surface area contributed by atoms with E-state index in [9.17, 15) is 9.90 Å². The van der Waals surface area contributed by atoms with Crippen molar-refractivity contribution in [1.82, 2.24) is 4.98 Å². The quantitative estimate of drug-likeness (QED) is 0.720. The number of nitrogens with two attached hydrogens (primary N) is 1. The summed E-state index contributed by atoms with van der Waals surface area (Å²) in [6.45, 7) is 4.80. The summed E-state index contributed by atoms with van der Waals surface area (Å²) < 4.78 is 0. The molecule has 100 valence electrons. The van der Waals surface area contributed by atoms with Gasteiger partial charge >= 0.3 is 0 Å². The van der Waals surface area contributed by atoms with Crippen molar-refractivity contribution in [1.29, 1.82) is 0 Å². The Morgan fingerprint density at radius 2 is 2.22 bits per heavy atom. The molecule has 0 saturated heterocycles. The van der Waals surface area contributed by atoms with E-state index in [1.54, 1.807) is 6.07 Å². The van der Waals surface area contributed by atoms with Crippen LogP contribution in [0.25, 0.3) is 0 Å². The first-order chi connectivity index (χ1) is 8.44. The summed E-state index contributed by atoms with van der Waals surface area (Å²) in [4.78, 5) is 15.6. The van der Waals surface area contributed by atoms with Gasteiger partial charge in [0.1, 0.15) is 0 Å². The number of anilines is 1. The molecular formula is C13H21N3O2. The Kier molecular flexibility index (Phi) is 5.09. The fraction of sp³-hybridized carbons (Fsp3) is 0.538. The second-order valence-corrected chi connectivity index (χ2v) is 5.12. The smallest absolute Gasteiger partial charge is 0.225 e. The largest absolute Gasteiger partial charge is 0.504 e. The molecule has 1 amide bonds. The predicted octanol–water partition coefficient (Wildman–Crippen LogP) is 1.88. The summed E-state index contributed by atoms with van der Waals surface area (Å²) in [5, 5.41) is 12.1. The van der Waals surface area contributed by atoms with Crippen molar-refractivity contribution in [2.75, 3.05) is 11.9 Å². The first kappa shape index (κ1) is 14.4. The van der Waals surface area contributed by atoms with Crippen LogP contribution in [-0.4, -0.2) is 22.5 Å². The fourth-order valence-corrected chi connectivity index (χ4v) is 1.66. The summed E-state index contributed by atoms with van der Waals surface area (Å²) in [5.74, 6) is 0.0419. The summed E-state index contributed by atoms with van der Waals surface area (Å²) >= 11 is 0. The van der Waals surface area contributed by atoms with Crippen LogP contribution in [0.5, 0.6) is 5.75 Å². The maximum Gasteiger partial charge on any atom is 0.225 e. The molecule has 4 N–H and O–H groups in total. The Balaban J connectivity index is 2.46. The summed E-state index contributed by atoms with van der Waals surface area (Å²) in [7, 11) is 0. The van der Waals surface area contributed by atoms with Gasteiger partial charge in [-0.1, -0.05) is 13.8 Å². The SMILES string of the molecule is CC(C)(CCN)CCC(=O)Nc1ncccc1O. The first-order valence-corrected chi connectivity index (χ1v) is 6.08. The predicted molar refractivity (Wildman–Crippen MR) is 71.2 cm³/mol. The molecule has 0 aromatic carbocycles. The molecule has 1 heterocycles. The average Bonchev–Trinajstić information content (AvgIpc) is 2.30. The lowest BCUT2D eigenvalue weighted by molar-refractivity contribution is -0.116. The Morgan fingerprint density at radius 3 is 2.83 bits per heavy atom. The number of pyridine rings is 1.